The Balaban J connectivity index is 1.57. The van der Waals surface area contributed by atoms with E-state index in [-0.39, 0.29) is 5.91 Å². The van der Waals surface area contributed by atoms with E-state index in [0.717, 1.165) is 37.4 Å². The van der Waals surface area contributed by atoms with Crippen molar-refractivity contribution in [3.8, 4) is 0 Å². The van der Waals surface area contributed by atoms with Crippen LogP contribution < -0.4 is 5.32 Å². The van der Waals surface area contributed by atoms with Crippen molar-refractivity contribution >= 4 is 11.6 Å². The molecule has 120 valence electrons. The molecule has 0 spiro atoms. The van der Waals surface area contributed by atoms with Gasteiger partial charge in [-0.15, -0.1) is 0 Å². The van der Waals surface area contributed by atoms with Crippen LogP contribution in [0.15, 0.2) is 42.9 Å². The summed E-state index contributed by atoms with van der Waals surface area (Å²) in [6.07, 6.45) is 5.25. The Morgan fingerprint density at radius 2 is 1.87 bits per heavy atom. The second-order valence-electron chi connectivity index (χ2n) is 5.74. The van der Waals surface area contributed by atoms with Gasteiger partial charge in [0.05, 0.1) is 11.9 Å². The number of nitrogens with zero attached hydrogens (tertiary/aromatic N) is 4. The zero-order valence-electron chi connectivity index (χ0n) is 13.3. The Hall–Kier alpha value is -2.47. The number of rotatable bonds is 4. The molecule has 6 nitrogen and oxygen atoms in total. The van der Waals surface area contributed by atoms with Crippen molar-refractivity contribution in [3.63, 3.8) is 0 Å². The Bertz CT molecular complexity index is 636. The highest BCUT2D eigenvalue weighted by Crippen LogP contribution is 2.11. The molecule has 1 N–H and O–H groups in total. The lowest BCUT2D eigenvalue weighted by Crippen LogP contribution is -2.47. The minimum Gasteiger partial charge on any atom is -0.380 e. The first-order valence-corrected chi connectivity index (χ1v) is 7.79. The lowest BCUT2D eigenvalue weighted by atomic mass is 10.2. The SMILES string of the molecule is CN1CCN(C(=O)c2ccc(NCc3ccncc3)cn2)CC1. The van der Waals surface area contributed by atoms with Gasteiger partial charge in [-0.25, -0.2) is 4.98 Å². The van der Waals surface area contributed by atoms with E-state index in [2.05, 4.69) is 27.2 Å². The van der Waals surface area contributed by atoms with Gasteiger partial charge in [-0.3, -0.25) is 9.78 Å². The first-order chi connectivity index (χ1) is 11.2. The molecule has 0 atom stereocenters. The zero-order valence-corrected chi connectivity index (χ0v) is 13.3. The summed E-state index contributed by atoms with van der Waals surface area (Å²) in [6.45, 7) is 4.06. The van der Waals surface area contributed by atoms with Gasteiger partial charge in [0.2, 0.25) is 0 Å². The van der Waals surface area contributed by atoms with Crippen LogP contribution in [0.5, 0.6) is 0 Å². The second kappa shape index (κ2) is 7.19. The van der Waals surface area contributed by atoms with Crippen LogP contribution in [0.25, 0.3) is 0 Å². The van der Waals surface area contributed by atoms with Crippen LogP contribution >= 0.6 is 0 Å². The van der Waals surface area contributed by atoms with Gasteiger partial charge in [0.15, 0.2) is 0 Å². The van der Waals surface area contributed by atoms with Gasteiger partial charge in [-0.05, 0) is 36.9 Å². The van der Waals surface area contributed by atoms with Crippen LogP contribution in [0.1, 0.15) is 16.1 Å². The number of carbonyl (C=O) groups is 1. The summed E-state index contributed by atoms with van der Waals surface area (Å²) in [7, 11) is 2.07. The Labute approximate surface area is 136 Å². The van der Waals surface area contributed by atoms with Gasteiger partial charge in [-0.2, -0.15) is 0 Å². The van der Waals surface area contributed by atoms with Gasteiger partial charge >= 0.3 is 0 Å². The van der Waals surface area contributed by atoms with Crippen LogP contribution in [0.2, 0.25) is 0 Å². The molecule has 3 rings (SSSR count). The average molecular weight is 311 g/mol. The summed E-state index contributed by atoms with van der Waals surface area (Å²) >= 11 is 0. The van der Waals surface area contributed by atoms with Gasteiger partial charge < -0.3 is 15.1 Å². The predicted octanol–water partition coefficient (Wildman–Crippen LogP) is 1.48. The molecule has 2 aromatic heterocycles. The first kappa shape index (κ1) is 15.4. The molecular weight excluding hydrogens is 290 g/mol. The Morgan fingerprint density at radius 3 is 2.52 bits per heavy atom. The van der Waals surface area contributed by atoms with E-state index in [1.54, 1.807) is 24.7 Å². The molecule has 23 heavy (non-hydrogen) atoms. The zero-order chi connectivity index (χ0) is 16.1. The third kappa shape index (κ3) is 4.04. The third-order valence-corrected chi connectivity index (χ3v) is 4.02. The number of nitrogens with one attached hydrogen (secondary N) is 1. The lowest BCUT2D eigenvalue weighted by Gasteiger charge is -2.32. The number of pyridine rings is 2. The molecule has 1 aliphatic heterocycles. The fraction of sp³-hybridized carbons (Fsp3) is 0.353. The topological polar surface area (TPSA) is 61.4 Å². The number of hydrogen-bond acceptors (Lipinski definition) is 5. The summed E-state index contributed by atoms with van der Waals surface area (Å²) in [5, 5.41) is 3.29. The van der Waals surface area contributed by atoms with E-state index in [1.165, 1.54) is 0 Å². The normalized spacial score (nSPS) is 15.4. The van der Waals surface area contributed by atoms with Crippen LogP contribution in [0, 0.1) is 0 Å². The number of hydrogen-bond donors (Lipinski definition) is 1. The summed E-state index contributed by atoms with van der Waals surface area (Å²) in [6, 6.07) is 7.62. The standard InChI is InChI=1S/C17H21N5O/c1-21-8-10-22(11-9-21)17(23)16-3-2-15(13-20-16)19-12-14-4-6-18-7-5-14/h2-7,13,19H,8-12H2,1H3. The summed E-state index contributed by atoms with van der Waals surface area (Å²) in [5.41, 5.74) is 2.55. The molecule has 0 saturated carbocycles. The molecule has 1 amide bonds. The summed E-state index contributed by atoms with van der Waals surface area (Å²) in [4.78, 5) is 24.8. The highest BCUT2D eigenvalue weighted by molar-refractivity contribution is 5.92. The summed E-state index contributed by atoms with van der Waals surface area (Å²) < 4.78 is 0. The van der Waals surface area contributed by atoms with Crippen molar-refractivity contribution in [2.75, 3.05) is 38.5 Å². The fourth-order valence-corrected chi connectivity index (χ4v) is 2.50. The van der Waals surface area contributed by atoms with Crippen LogP contribution in [-0.2, 0) is 6.54 Å². The average Bonchev–Trinajstić information content (AvgIpc) is 2.61. The molecule has 0 bridgehead atoms. The van der Waals surface area contributed by atoms with E-state index in [0.29, 0.717) is 12.2 Å². The number of anilines is 1. The molecule has 1 fully saturated rings. The van der Waals surface area contributed by atoms with Crippen molar-refractivity contribution in [2.24, 2.45) is 0 Å². The van der Waals surface area contributed by atoms with Crippen LogP contribution in [0.3, 0.4) is 0 Å². The molecule has 0 unspecified atom stereocenters. The van der Waals surface area contributed by atoms with Crippen molar-refractivity contribution < 1.29 is 4.79 Å². The molecule has 1 saturated heterocycles. The van der Waals surface area contributed by atoms with E-state index in [1.807, 2.05) is 23.1 Å². The van der Waals surface area contributed by atoms with Crippen molar-refractivity contribution in [3.05, 3.63) is 54.1 Å². The lowest BCUT2D eigenvalue weighted by molar-refractivity contribution is 0.0658. The molecule has 0 radical (unpaired) electrons. The van der Waals surface area contributed by atoms with Gasteiger partial charge in [0, 0.05) is 45.1 Å². The maximum Gasteiger partial charge on any atom is 0.272 e. The number of likely N-dealkylation sites (N-methyl/N-ethyl adjacent to an activating group) is 1. The molecule has 6 heteroatoms. The van der Waals surface area contributed by atoms with E-state index in [4.69, 9.17) is 0 Å². The Kier molecular flexibility index (Phi) is 4.83. The van der Waals surface area contributed by atoms with Crippen molar-refractivity contribution in [1.82, 2.24) is 19.8 Å². The maximum atomic E-state index is 12.4. The first-order valence-electron chi connectivity index (χ1n) is 7.79. The largest absolute Gasteiger partial charge is 0.380 e. The van der Waals surface area contributed by atoms with Crippen LogP contribution in [0.4, 0.5) is 5.69 Å². The van der Waals surface area contributed by atoms with E-state index in [9.17, 15) is 4.79 Å². The molecule has 1 aliphatic rings. The third-order valence-electron chi connectivity index (χ3n) is 4.02. The second-order valence-corrected chi connectivity index (χ2v) is 5.74. The smallest absolute Gasteiger partial charge is 0.272 e. The fourth-order valence-electron chi connectivity index (χ4n) is 2.50. The molecule has 0 aromatic carbocycles. The quantitative estimate of drug-likeness (QED) is 0.926. The molecule has 0 aliphatic carbocycles. The number of piperazine rings is 1. The molecular formula is C17H21N5O. The highest BCUT2D eigenvalue weighted by atomic mass is 16.2. The number of carbonyl (C=O) groups excluding carboxylic acids is 1. The summed E-state index contributed by atoms with van der Waals surface area (Å²) in [5.74, 6) is 0.0128. The van der Waals surface area contributed by atoms with Gasteiger partial charge in [0.1, 0.15) is 5.69 Å². The minimum atomic E-state index is 0.0128. The van der Waals surface area contributed by atoms with Crippen LogP contribution in [-0.4, -0.2) is 58.9 Å². The molecule has 2 aromatic rings. The van der Waals surface area contributed by atoms with E-state index >= 15 is 0 Å². The minimum absolute atomic E-state index is 0.0128. The van der Waals surface area contributed by atoms with Crippen molar-refractivity contribution in [2.45, 2.75) is 6.54 Å². The Morgan fingerprint density at radius 1 is 1.13 bits per heavy atom. The van der Waals surface area contributed by atoms with Gasteiger partial charge in [0.25, 0.3) is 5.91 Å². The van der Waals surface area contributed by atoms with Crippen molar-refractivity contribution in [1.29, 1.82) is 0 Å². The number of aromatic nitrogens is 2. The number of amides is 1. The monoisotopic (exact) mass is 311 g/mol. The van der Waals surface area contributed by atoms with Gasteiger partial charge in [-0.1, -0.05) is 0 Å². The predicted molar refractivity (Wildman–Crippen MR) is 89.2 cm³/mol. The highest BCUT2D eigenvalue weighted by Gasteiger charge is 2.20. The van der Waals surface area contributed by atoms with E-state index < -0.39 is 0 Å². The molecule has 3 heterocycles. The maximum absolute atomic E-state index is 12.4.